The summed E-state index contributed by atoms with van der Waals surface area (Å²) in [5.41, 5.74) is 5.84. The third kappa shape index (κ3) is 3.92. The fraction of sp³-hybridized carbons (Fsp3) is 0.250. The minimum Gasteiger partial charge on any atom is -0.326 e. The van der Waals surface area contributed by atoms with E-state index >= 15 is 0 Å². The van der Waals surface area contributed by atoms with E-state index in [1.807, 2.05) is 50.2 Å². The molecule has 5 heteroatoms. The van der Waals surface area contributed by atoms with Gasteiger partial charge in [-0.2, -0.15) is 5.26 Å². The molecule has 0 N–H and O–H groups in total. The van der Waals surface area contributed by atoms with Crippen LogP contribution in [-0.2, 0) is 0 Å². The summed E-state index contributed by atoms with van der Waals surface area (Å²) < 4.78 is 0. The molecule has 0 amide bonds. The van der Waals surface area contributed by atoms with Gasteiger partial charge in [-0.1, -0.05) is 13.5 Å². The largest absolute Gasteiger partial charge is 0.326 e. The van der Waals surface area contributed by atoms with Gasteiger partial charge in [-0.25, -0.2) is 0 Å². The maximum absolute atomic E-state index is 9.38. The topological polar surface area (TPSA) is 51.8 Å². The third-order valence-corrected chi connectivity index (χ3v) is 4.57. The first-order chi connectivity index (χ1) is 11.9. The van der Waals surface area contributed by atoms with Crippen LogP contribution in [0.1, 0.15) is 37.0 Å². The zero-order valence-electron chi connectivity index (χ0n) is 14.9. The van der Waals surface area contributed by atoms with Gasteiger partial charge in [-0.15, -0.1) is 12.6 Å². The summed E-state index contributed by atoms with van der Waals surface area (Å²) in [6, 6.07) is 6.00. The third-order valence-electron chi connectivity index (χ3n) is 4.11. The van der Waals surface area contributed by atoms with Crippen LogP contribution in [0.4, 0.5) is 0 Å². The molecule has 0 unspecified atom stereocenters. The maximum Gasteiger partial charge on any atom is 0.114 e. The van der Waals surface area contributed by atoms with Crippen LogP contribution in [-0.4, -0.2) is 24.5 Å². The second-order valence-corrected chi connectivity index (χ2v) is 6.34. The lowest BCUT2D eigenvalue weighted by Crippen LogP contribution is -2.22. The van der Waals surface area contributed by atoms with E-state index in [2.05, 4.69) is 42.0 Å². The molecule has 0 spiro atoms. The molecule has 0 bridgehead atoms. The van der Waals surface area contributed by atoms with Crippen molar-refractivity contribution < 1.29 is 0 Å². The summed E-state index contributed by atoms with van der Waals surface area (Å²) in [5, 5.41) is 9.38. The molecule has 0 fully saturated rings. The number of thiol groups is 1. The molecule has 1 aliphatic rings. The minimum absolute atomic E-state index is 0.495. The Labute approximate surface area is 155 Å². The van der Waals surface area contributed by atoms with Crippen LogP contribution in [0.25, 0.3) is 5.57 Å². The van der Waals surface area contributed by atoms with E-state index in [1.165, 1.54) is 0 Å². The predicted molar refractivity (Wildman–Crippen MR) is 108 cm³/mol. The van der Waals surface area contributed by atoms with Crippen LogP contribution >= 0.6 is 12.6 Å². The van der Waals surface area contributed by atoms with Crippen molar-refractivity contribution in [2.24, 2.45) is 9.98 Å². The highest BCUT2D eigenvalue weighted by Crippen LogP contribution is 2.33. The molecule has 128 valence electrons. The van der Waals surface area contributed by atoms with Crippen LogP contribution in [0.2, 0.25) is 0 Å². The van der Waals surface area contributed by atoms with E-state index in [1.54, 1.807) is 0 Å². The Morgan fingerprint density at radius 3 is 2.72 bits per heavy atom. The molecule has 1 aromatic carbocycles. The quantitative estimate of drug-likeness (QED) is 0.474. The molecule has 0 aliphatic carbocycles. The Balaban J connectivity index is 2.60. The zero-order valence-corrected chi connectivity index (χ0v) is 15.8. The molecule has 0 saturated heterocycles. The summed E-state index contributed by atoms with van der Waals surface area (Å²) in [5.74, 6) is 0. The standard InChI is InChI=1S/C20H22N4S/c1-6-18(22-5)20(24-11-13(2)10-23-12-24)15(4)16-7-17(9-21)14(3)19(25)8-16/h7-8,10-11,25H,4-6,12H2,1-3H3/b20-18-. The Bertz CT molecular complexity index is 853. The normalized spacial score (nSPS) is 14.5. The number of hydrogen-bond acceptors (Lipinski definition) is 5. The molecule has 0 atom stereocenters. The van der Waals surface area contributed by atoms with Gasteiger partial charge in [-0.05, 0) is 55.8 Å². The van der Waals surface area contributed by atoms with Gasteiger partial charge in [0.05, 0.1) is 23.0 Å². The fourth-order valence-corrected chi connectivity index (χ4v) is 2.98. The second-order valence-electron chi connectivity index (χ2n) is 5.86. The van der Waals surface area contributed by atoms with Gasteiger partial charge in [-0.3, -0.25) is 9.98 Å². The van der Waals surface area contributed by atoms with Crippen LogP contribution in [0.3, 0.4) is 0 Å². The molecule has 2 rings (SSSR count). The van der Waals surface area contributed by atoms with Crippen molar-refractivity contribution in [1.82, 2.24) is 4.90 Å². The highest BCUT2D eigenvalue weighted by atomic mass is 32.1. The number of nitrogens with zero attached hydrogens (tertiary/aromatic N) is 4. The average Bonchev–Trinajstić information content (AvgIpc) is 2.61. The molecule has 4 nitrogen and oxygen atoms in total. The fourth-order valence-electron chi connectivity index (χ4n) is 2.72. The number of allylic oxidation sites excluding steroid dienone is 3. The molecular weight excluding hydrogens is 328 g/mol. The Morgan fingerprint density at radius 2 is 2.16 bits per heavy atom. The van der Waals surface area contributed by atoms with Crippen LogP contribution < -0.4 is 0 Å². The van der Waals surface area contributed by atoms with E-state index < -0.39 is 0 Å². The van der Waals surface area contributed by atoms with Crippen molar-refractivity contribution in [3.05, 3.63) is 58.6 Å². The second kappa shape index (κ2) is 8.00. The zero-order chi connectivity index (χ0) is 18.6. The summed E-state index contributed by atoms with van der Waals surface area (Å²) in [6.07, 6.45) is 4.58. The highest BCUT2D eigenvalue weighted by molar-refractivity contribution is 7.80. The Hall–Kier alpha value is -2.58. The number of aliphatic imine (C=N–C) groups is 2. The first kappa shape index (κ1) is 18.8. The van der Waals surface area contributed by atoms with Crippen LogP contribution in [0.5, 0.6) is 0 Å². The van der Waals surface area contributed by atoms with Gasteiger partial charge in [0.2, 0.25) is 0 Å². The van der Waals surface area contributed by atoms with Gasteiger partial charge in [0.25, 0.3) is 0 Å². The minimum atomic E-state index is 0.495. The first-order valence-electron chi connectivity index (χ1n) is 8.01. The van der Waals surface area contributed by atoms with Crippen LogP contribution in [0, 0.1) is 18.3 Å². The number of rotatable bonds is 5. The molecule has 0 aromatic heterocycles. The van der Waals surface area contributed by atoms with E-state index in [9.17, 15) is 5.26 Å². The Morgan fingerprint density at radius 1 is 1.44 bits per heavy atom. The number of nitriles is 1. The lowest BCUT2D eigenvalue weighted by molar-refractivity contribution is 0.484. The first-order valence-corrected chi connectivity index (χ1v) is 8.45. The highest BCUT2D eigenvalue weighted by Gasteiger charge is 2.19. The average molecular weight is 350 g/mol. The van der Waals surface area contributed by atoms with E-state index in [-0.39, 0.29) is 0 Å². The smallest absolute Gasteiger partial charge is 0.114 e. The van der Waals surface area contributed by atoms with Crippen molar-refractivity contribution in [3.8, 4) is 6.07 Å². The monoisotopic (exact) mass is 350 g/mol. The summed E-state index contributed by atoms with van der Waals surface area (Å²) in [4.78, 5) is 11.4. The number of hydrogen-bond donors (Lipinski definition) is 1. The van der Waals surface area contributed by atoms with E-state index in [0.29, 0.717) is 12.2 Å². The molecule has 0 saturated carbocycles. The van der Waals surface area contributed by atoms with Crippen LogP contribution in [0.15, 0.2) is 56.8 Å². The molecule has 0 radical (unpaired) electrons. The van der Waals surface area contributed by atoms with Gasteiger partial charge in [0.1, 0.15) is 6.67 Å². The van der Waals surface area contributed by atoms with Gasteiger partial charge >= 0.3 is 0 Å². The molecular formula is C20H22N4S. The van der Waals surface area contributed by atoms with Gasteiger partial charge in [0, 0.05) is 22.9 Å². The molecule has 1 heterocycles. The van der Waals surface area contributed by atoms with Gasteiger partial charge < -0.3 is 4.90 Å². The SMILES string of the molecule is C=N/C(CC)=C(/C(=C)c1cc(S)c(C)c(C#N)c1)N1C=C(C)C=NC1. The van der Waals surface area contributed by atoms with Crippen molar-refractivity contribution in [3.63, 3.8) is 0 Å². The Kier molecular flexibility index (Phi) is 6.00. The van der Waals surface area contributed by atoms with Gasteiger partial charge in [0.15, 0.2) is 0 Å². The summed E-state index contributed by atoms with van der Waals surface area (Å²) >= 11 is 4.50. The maximum atomic E-state index is 9.38. The van der Waals surface area contributed by atoms with Crippen molar-refractivity contribution in [2.45, 2.75) is 32.1 Å². The van der Waals surface area contributed by atoms with Crippen molar-refractivity contribution in [1.29, 1.82) is 5.26 Å². The number of benzene rings is 1. The molecule has 1 aliphatic heterocycles. The predicted octanol–water partition coefficient (Wildman–Crippen LogP) is 4.74. The van der Waals surface area contributed by atoms with Crippen molar-refractivity contribution in [2.75, 3.05) is 6.67 Å². The lowest BCUT2D eigenvalue weighted by atomic mass is 9.97. The van der Waals surface area contributed by atoms with Crippen molar-refractivity contribution >= 4 is 31.1 Å². The summed E-state index contributed by atoms with van der Waals surface area (Å²) in [7, 11) is 0. The molecule has 25 heavy (non-hydrogen) atoms. The van der Waals surface area contributed by atoms with E-state index in [0.717, 1.165) is 45.0 Å². The molecule has 1 aromatic rings. The summed E-state index contributed by atoms with van der Waals surface area (Å²) in [6.45, 7) is 14.4. The lowest BCUT2D eigenvalue weighted by Gasteiger charge is -2.28. The van der Waals surface area contributed by atoms with E-state index in [4.69, 9.17) is 0 Å².